The Morgan fingerprint density at radius 3 is 2.36 bits per heavy atom. The zero-order valence-corrected chi connectivity index (χ0v) is 15.8. The average molecular weight is 385 g/mol. The van der Waals surface area contributed by atoms with Crippen molar-refractivity contribution in [2.24, 2.45) is 4.99 Å². The molecule has 6 heteroatoms. The molecule has 1 fully saturated rings. The lowest BCUT2D eigenvalue weighted by Crippen LogP contribution is -2.19. The highest BCUT2D eigenvalue weighted by Crippen LogP contribution is 2.34. The first-order valence-corrected chi connectivity index (χ1v) is 9.62. The molecule has 2 heterocycles. The van der Waals surface area contributed by atoms with E-state index in [0.29, 0.717) is 21.7 Å². The normalized spacial score (nSPS) is 17.1. The summed E-state index contributed by atoms with van der Waals surface area (Å²) in [5.74, 6) is 0.949. The largest absolute Gasteiger partial charge is 0.359 e. The molecule has 5 rings (SSSR count). The fourth-order valence-electron chi connectivity index (χ4n) is 3.33. The van der Waals surface area contributed by atoms with E-state index in [4.69, 9.17) is 4.52 Å². The van der Waals surface area contributed by atoms with Crippen LogP contribution in [-0.2, 0) is 4.79 Å². The van der Waals surface area contributed by atoms with Crippen molar-refractivity contribution < 1.29 is 9.32 Å². The van der Waals surface area contributed by atoms with Gasteiger partial charge in [-0.1, -0.05) is 53.7 Å². The van der Waals surface area contributed by atoms with Gasteiger partial charge in [0.15, 0.2) is 11.0 Å². The molecule has 1 amide bonds. The number of benzene rings is 3. The molecule has 1 aliphatic rings. The SMILES string of the molecule is Cc1cc(N=C2NC(=O)/C(=C/c3c4ccccc4cc4ccccc34)S2)no1. The Labute approximate surface area is 165 Å². The van der Waals surface area contributed by atoms with E-state index in [0.717, 1.165) is 27.1 Å². The molecule has 4 aromatic rings. The summed E-state index contributed by atoms with van der Waals surface area (Å²) in [5, 5.41) is 11.7. The first-order chi connectivity index (χ1) is 13.7. The molecule has 0 unspecified atom stereocenters. The summed E-state index contributed by atoms with van der Waals surface area (Å²) in [6.45, 7) is 1.80. The Morgan fingerprint density at radius 2 is 1.71 bits per heavy atom. The minimum absolute atomic E-state index is 0.166. The van der Waals surface area contributed by atoms with Crippen molar-refractivity contribution in [3.63, 3.8) is 0 Å². The van der Waals surface area contributed by atoms with Gasteiger partial charge in [-0.3, -0.25) is 4.79 Å². The molecule has 5 nitrogen and oxygen atoms in total. The van der Waals surface area contributed by atoms with E-state index in [1.807, 2.05) is 30.3 Å². The smallest absolute Gasteiger partial charge is 0.264 e. The van der Waals surface area contributed by atoms with Gasteiger partial charge in [0.1, 0.15) is 5.76 Å². The van der Waals surface area contributed by atoms with Gasteiger partial charge in [-0.2, -0.15) is 0 Å². The summed E-state index contributed by atoms with van der Waals surface area (Å²) >= 11 is 1.30. The summed E-state index contributed by atoms with van der Waals surface area (Å²) in [4.78, 5) is 17.5. The van der Waals surface area contributed by atoms with Crippen molar-refractivity contribution in [2.45, 2.75) is 6.92 Å². The van der Waals surface area contributed by atoms with Crippen LogP contribution in [-0.4, -0.2) is 16.2 Å². The van der Waals surface area contributed by atoms with Crippen molar-refractivity contribution in [2.75, 3.05) is 0 Å². The third-order valence-electron chi connectivity index (χ3n) is 4.57. The molecule has 1 N–H and O–H groups in total. The van der Waals surface area contributed by atoms with Gasteiger partial charge in [0, 0.05) is 6.07 Å². The van der Waals surface area contributed by atoms with Crippen molar-refractivity contribution in [3.8, 4) is 0 Å². The first kappa shape index (κ1) is 16.8. The van der Waals surface area contributed by atoms with Crippen LogP contribution in [0.3, 0.4) is 0 Å². The van der Waals surface area contributed by atoms with E-state index >= 15 is 0 Å². The van der Waals surface area contributed by atoms with E-state index < -0.39 is 0 Å². The maximum Gasteiger partial charge on any atom is 0.264 e. The molecule has 0 spiro atoms. The monoisotopic (exact) mass is 385 g/mol. The quantitative estimate of drug-likeness (QED) is 0.381. The lowest BCUT2D eigenvalue weighted by atomic mass is 9.96. The number of fused-ring (bicyclic) bond motifs is 2. The third kappa shape index (κ3) is 2.97. The van der Waals surface area contributed by atoms with E-state index in [1.54, 1.807) is 13.0 Å². The van der Waals surface area contributed by atoms with Crippen molar-refractivity contribution >= 4 is 56.3 Å². The van der Waals surface area contributed by atoms with E-state index in [2.05, 4.69) is 45.8 Å². The molecule has 3 aromatic carbocycles. The first-order valence-electron chi connectivity index (χ1n) is 8.81. The second-order valence-electron chi connectivity index (χ2n) is 6.51. The molecule has 0 radical (unpaired) electrons. The molecule has 1 saturated heterocycles. The van der Waals surface area contributed by atoms with Crippen LogP contribution in [0.5, 0.6) is 0 Å². The number of amidine groups is 1. The van der Waals surface area contributed by atoms with Crippen LogP contribution in [0.4, 0.5) is 5.82 Å². The molecular weight excluding hydrogens is 370 g/mol. The summed E-state index contributed by atoms with van der Waals surface area (Å²) in [6, 6.07) is 20.3. The fraction of sp³-hybridized carbons (Fsp3) is 0.0455. The number of hydrogen-bond acceptors (Lipinski definition) is 5. The number of carbonyl (C=O) groups excluding carboxylic acids is 1. The Balaban J connectivity index is 1.63. The highest BCUT2D eigenvalue weighted by molar-refractivity contribution is 8.18. The van der Waals surface area contributed by atoms with E-state index in [1.165, 1.54) is 11.8 Å². The third-order valence-corrected chi connectivity index (χ3v) is 5.48. The second kappa shape index (κ2) is 6.65. The minimum atomic E-state index is -0.166. The number of rotatable bonds is 2. The van der Waals surface area contributed by atoms with Gasteiger partial charge in [0.2, 0.25) is 0 Å². The fourth-order valence-corrected chi connectivity index (χ4v) is 4.14. The lowest BCUT2D eigenvalue weighted by Gasteiger charge is -2.08. The zero-order chi connectivity index (χ0) is 19.1. The number of aliphatic imine (C=N–C) groups is 1. The van der Waals surface area contributed by atoms with Gasteiger partial charge < -0.3 is 9.84 Å². The van der Waals surface area contributed by atoms with Gasteiger partial charge in [-0.25, -0.2) is 4.99 Å². The molecule has 0 aliphatic carbocycles. The predicted molar refractivity (Wildman–Crippen MR) is 113 cm³/mol. The summed E-state index contributed by atoms with van der Waals surface area (Å²) in [6.07, 6.45) is 1.95. The van der Waals surface area contributed by atoms with Crippen LogP contribution < -0.4 is 5.32 Å². The van der Waals surface area contributed by atoms with Crippen molar-refractivity contribution in [3.05, 3.63) is 76.9 Å². The topological polar surface area (TPSA) is 67.5 Å². The van der Waals surface area contributed by atoms with Crippen LogP contribution in [0, 0.1) is 6.92 Å². The Bertz CT molecular complexity index is 1250. The number of amides is 1. The van der Waals surface area contributed by atoms with Gasteiger partial charge in [-0.15, -0.1) is 0 Å². The van der Waals surface area contributed by atoms with Crippen LogP contribution in [0.15, 0.2) is 75.1 Å². The number of hydrogen-bond donors (Lipinski definition) is 1. The number of thioether (sulfide) groups is 1. The number of aryl methyl sites for hydroxylation is 1. The molecule has 136 valence electrons. The molecular formula is C22H15N3O2S. The summed E-state index contributed by atoms with van der Waals surface area (Å²) in [5.41, 5.74) is 1.03. The number of nitrogens with one attached hydrogen (secondary N) is 1. The average Bonchev–Trinajstić information content (AvgIpc) is 3.26. The van der Waals surface area contributed by atoms with Crippen LogP contribution in [0.25, 0.3) is 27.6 Å². The van der Waals surface area contributed by atoms with E-state index in [-0.39, 0.29) is 5.91 Å². The highest BCUT2D eigenvalue weighted by atomic mass is 32.2. The molecule has 28 heavy (non-hydrogen) atoms. The Hall–Kier alpha value is -3.38. The molecule has 0 atom stereocenters. The molecule has 1 aromatic heterocycles. The maximum absolute atomic E-state index is 12.5. The van der Waals surface area contributed by atoms with Crippen LogP contribution >= 0.6 is 11.8 Å². The summed E-state index contributed by atoms with van der Waals surface area (Å²) < 4.78 is 5.03. The molecule has 0 saturated carbocycles. The molecule has 1 aliphatic heterocycles. The minimum Gasteiger partial charge on any atom is -0.359 e. The molecule has 0 bridgehead atoms. The maximum atomic E-state index is 12.5. The zero-order valence-electron chi connectivity index (χ0n) is 15.0. The van der Waals surface area contributed by atoms with E-state index in [9.17, 15) is 4.79 Å². The van der Waals surface area contributed by atoms with Gasteiger partial charge >= 0.3 is 0 Å². The number of aromatic nitrogens is 1. The Kier molecular flexibility index (Phi) is 3.98. The highest BCUT2D eigenvalue weighted by Gasteiger charge is 2.25. The van der Waals surface area contributed by atoms with Crippen molar-refractivity contribution in [1.29, 1.82) is 0 Å². The van der Waals surface area contributed by atoms with Gasteiger partial charge in [0.05, 0.1) is 4.91 Å². The lowest BCUT2D eigenvalue weighted by molar-refractivity contribution is -0.115. The predicted octanol–water partition coefficient (Wildman–Crippen LogP) is 5.18. The number of nitrogens with zero attached hydrogens (tertiary/aromatic N) is 2. The standard InChI is InChI=1S/C22H15N3O2S/c1-13-10-20(25-27-13)23-22-24-21(26)19(28-22)12-18-16-8-4-2-6-14(16)11-15-7-3-5-9-17(15)18/h2-12H,1H3,(H,23,24,25,26)/b19-12-. The van der Waals surface area contributed by atoms with Crippen LogP contribution in [0.2, 0.25) is 0 Å². The van der Waals surface area contributed by atoms with Crippen molar-refractivity contribution in [1.82, 2.24) is 10.5 Å². The van der Waals surface area contributed by atoms with Gasteiger partial charge in [0.25, 0.3) is 5.91 Å². The Morgan fingerprint density at radius 1 is 1.04 bits per heavy atom. The second-order valence-corrected chi connectivity index (χ2v) is 7.54. The van der Waals surface area contributed by atoms with Crippen LogP contribution in [0.1, 0.15) is 11.3 Å². The van der Waals surface area contributed by atoms with Gasteiger partial charge in [-0.05, 0) is 57.9 Å². The summed E-state index contributed by atoms with van der Waals surface area (Å²) in [7, 11) is 0. The number of carbonyl (C=O) groups is 1.